The highest BCUT2D eigenvalue weighted by Crippen LogP contribution is 2.39. The highest BCUT2D eigenvalue weighted by Gasteiger charge is 2.50. The Hall–Kier alpha value is -5.97. The van der Waals surface area contributed by atoms with Crippen LogP contribution in [0.2, 0.25) is 0 Å². The standard InChI is InChI=1S/C46H49F3N8O7S/c1-4-54(31-19-33(20-31)64-32-8-9-34-35(22-32)42(61)57(41(34)60)37-10-11-38(58)52-40(37)59)25-27-13-15-53(16-14-27)17-18-63-39-12-5-28(24-51-39)26-55-44(65)56(43(62)45(55,2)3)30-7-6-29(23-50)36(21-30)46(47,48)49/h5-9,12,21-22,24,27,31,33,37H,4,10-11,13-20,25-26H2,1-3H3,(H,52,58,59)/t31-,33-,37?. The van der Waals surface area contributed by atoms with Gasteiger partial charge in [0.05, 0.1) is 34.0 Å². The highest BCUT2D eigenvalue weighted by atomic mass is 32.1. The first-order chi connectivity index (χ1) is 31.0. The number of carbonyl (C=O) groups excluding carboxylic acids is 5. The van der Waals surface area contributed by atoms with Crippen molar-refractivity contribution < 1.29 is 46.6 Å². The maximum absolute atomic E-state index is 13.7. The van der Waals surface area contributed by atoms with E-state index in [1.165, 1.54) is 6.07 Å². The van der Waals surface area contributed by atoms with E-state index in [0.29, 0.717) is 30.2 Å². The van der Waals surface area contributed by atoms with Crippen LogP contribution in [0.15, 0.2) is 54.7 Å². The van der Waals surface area contributed by atoms with Gasteiger partial charge in [-0.25, -0.2) is 4.98 Å². The Labute approximate surface area is 379 Å². The first kappa shape index (κ1) is 45.6. The number of nitrogens with zero attached hydrogens (tertiary/aromatic N) is 7. The van der Waals surface area contributed by atoms with Crippen LogP contribution >= 0.6 is 12.2 Å². The molecule has 15 nitrogen and oxygen atoms in total. The number of rotatable bonds is 14. The molecule has 3 saturated heterocycles. The van der Waals surface area contributed by atoms with Crippen molar-refractivity contribution in [3.63, 3.8) is 0 Å². The number of hydrogen-bond acceptors (Lipinski definition) is 12. The summed E-state index contributed by atoms with van der Waals surface area (Å²) in [4.78, 5) is 76.9. The smallest absolute Gasteiger partial charge is 0.417 e. The molecule has 0 spiro atoms. The van der Waals surface area contributed by atoms with Gasteiger partial charge in [-0.1, -0.05) is 13.0 Å². The lowest BCUT2D eigenvalue weighted by molar-refractivity contribution is -0.138. The van der Waals surface area contributed by atoms with Crippen LogP contribution < -0.4 is 19.7 Å². The summed E-state index contributed by atoms with van der Waals surface area (Å²) < 4.78 is 53.3. The minimum absolute atomic E-state index is 0.0208. The molecular weight excluding hydrogens is 866 g/mol. The van der Waals surface area contributed by atoms with E-state index in [1.54, 1.807) is 55.3 Å². The SMILES string of the molecule is CCN(CC1CCN(CCOc2ccc(CN3C(=S)N(c4ccc(C#N)c(C(F)(F)F)c4)C(=O)C3(C)C)cn2)CC1)[C@H]1C[C@H](Oc2ccc3c(c2)C(=O)N(C2CCC(=O)NC2=O)C3=O)C1. The molecule has 342 valence electrons. The van der Waals surface area contributed by atoms with Crippen molar-refractivity contribution in [3.05, 3.63) is 82.5 Å². The topological polar surface area (TPSA) is 169 Å². The summed E-state index contributed by atoms with van der Waals surface area (Å²) >= 11 is 5.63. The molecule has 0 bridgehead atoms. The number of imide groups is 2. The van der Waals surface area contributed by atoms with Crippen LogP contribution in [0.1, 0.15) is 96.7 Å². The van der Waals surface area contributed by atoms with Gasteiger partial charge in [-0.15, -0.1) is 0 Å². The molecule has 1 saturated carbocycles. The monoisotopic (exact) mass is 914 g/mol. The number of amides is 5. The predicted molar refractivity (Wildman–Crippen MR) is 233 cm³/mol. The molecule has 0 radical (unpaired) electrons. The van der Waals surface area contributed by atoms with Crippen molar-refractivity contribution in [2.75, 3.05) is 44.2 Å². The Kier molecular flexibility index (Phi) is 12.7. The second kappa shape index (κ2) is 18.1. The van der Waals surface area contributed by atoms with Crippen LogP contribution in [0.25, 0.3) is 0 Å². The molecule has 1 atom stereocenters. The van der Waals surface area contributed by atoms with Crippen LogP contribution in [-0.4, -0.2) is 122 Å². The largest absolute Gasteiger partial charge is 0.490 e. The number of carbonyl (C=O) groups is 5. The Morgan fingerprint density at radius 2 is 1.72 bits per heavy atom. The average molecular weight is 915 g/mol. The molecule has 19 heteroatoms. The van der Waals surface area contributed by atoms with E-state index in [4.69, 9.17) is 21.7 Å². The summed E-state index contributed by atoms with van der Waals surface area (Å²) in [7, 11) is 0. The summed E-state index contributed by atoms with van der Waals surface area (Å²) in [6.45, 7) is 10.7. The molecular formula is C46H49F3N8O7S. The lowest BCUT2D eigenvalue weighted by atomic mass is 9.86. The number of anilines is 1. The second-order valence-corrected chi connectivity index (χ2v) is 18.0. The predicted octanol–water partition coefficient (Wildman–Crippen LogP) is 5.31. The number of hydrogen-bond donors (Lipinski definition) is 1. The van der Waals surface area contributed by atoms with Crippen LogP contribution in [0.3, 0.4) is 0 Å². The molecule has 1 unspecified atom stereocenters. The summed E-state index contributed by atoms with van der Waals surface area (Å²) in [6, 6.07) is 12.4. The number of fused-ring (bicyclic) bond motifs is 1. The first-order valence-corrected chi connectivity index (χ1v) is 22.2. The van der Waals surface area contributed by atoms with Gasteiger partial charge in [0.15, 0.2) is 5.11 Å². The Bertz CT molecular complexity index is 2450. The van der Waals surface area contributed by atoms with Crippen molar-refractivity contribution in [2.45, 2.75) is 95.7 Å². The Morgan fingerprint density at radius 3 is 2.38 bits per heavy atom. The second-order valence-electron chi connectivity index (χ2n) is 17.7. The van der Waals surface area contributed by atoms with E-state index in [1.807, 2.05) is 6.07 Å². The number of piperidine rings is 2. The number of alkyl halides is 3. The van der Waals surface area contributed by atoms with Gasteiger partial charge in [0, 0.05) is 57.2 Å². The molecule has 4 fully saturated rings. The average Bonchev–Trinajstić information content (AvgIpc) is 3.60. The Morgan fingerprint density at radius 1 is 0.985 bits per heavy atom. The third-order valence-corrected chi connectivity index (χ3v) is 13.6. The summed E-state index contributed by atoms with van der Waals surface area (Å²) in [6.07, 6.45) is 0.816. The number of thiocarbonyl (C=S) groups is 1. The summed E-state index contributed by atoms with van der Waals surface area (Å²) in [5.41, 5.74) is -1.76. The number of nitriles is 1. The third-order valence-electron chi connectivity index (χ3n) is 13.2. The van der Waals surface area contributed by atoms with Crippen LogP contribution in [-0.2, 0) is 27.1 Å². The molecule has 1 N–H and O–H groups in total. The number of ether oxygens (including phenoxy) is 2. The third kappa shape index (κ3) is 9.16. The molecule has 2 aromatic carbocycles. The van der Waals surface area contributed by atoms with Crippen molar-refractivity contribution in [1.82, 2.24) is 29.9 Å². The molecule has 5 amide bonds. The molecule has 1 aliphatic carbocycles. The number of benzene rings is 2. The fourth-order valence-corrected chi connectivity index (χ4v) is 9.77. The number of aromatic nitrogens is 1. The minimum Gasteiger partial charge on any atom is -0.490 e. The van der Waals surface area contributed by atoms with Crippen molar-refractivity contribution >= 4 is 52.6 Å². The van der Waals surface area contributed by atoms with Gasteiger partial charge in [-0.3, -0.25) is 44.0 Å². The normalized spacial score (nSPS) is 22.6. The van der Waals surface area contributed by atoms with Crippen molar-refractivity contribution in [1.29, 1.82) is 5.26 Å². The summed E-state index contributed by atoms with van der Waals surface area (Å²) in [5, 5.41) is 11.5. The van der Waals surface area contributed by atoms with Crippen LogP contribution in [0, 0.1) is 17.2 Å². The van der Waals surface area contributed by atoms with E-state index < -0.39 is 58.4 Å². The zero-order valence-corrected chi connectivity index (χ0v) is 37.0. The molecule has 1 aromatic heterocycles. The van der Waals surface area contributed by atoms with Gasteiger partial charge in [-0.05, 0) is 113 Å². The van der Waals surface area contributed by atoms with Gasteiger partial charge in [0.1, 0.15) is 30.0 Å². The molecule has 4 aliphatic heterocycles. The molecule has 3 aromatic rings. The minimum atomic E-state index is -4.79. The van der Waals surface area contributed by atoms with E-state index in [-0.39, 0.29) is 47.4 Å². The lowest BCUT2D eigenvalue weighted by Gasteiger charge is -2.44. The van der Waals surface area contributed by atoms with Gasteiger partial charge in [0.25, 0.3) is 17.7 Å². The Balaban J connectivity index is 0.753. The zero-order chi connectivity index (χ0) is 46.4. The first-order valence-electron chi connectivity index (χ1n) is 21.8. The van der Waals surface area contributed by atoms with E-state index >= 15 is 0 Å². The number of pyridine rings is 1. The van der Waals surface area contributed by atoms with E-state index in [0.717, 1.165) is 85.9 Å². The summed E-state index contributed by atoms with van der Waals surface area (Å²) in [5.74, 6) is -1.14. The molecule has 8 rings (SSSR count). The van der Waals surface area contributed by atoms with Gasteiger partial charge >= 0.3 is 6.18 Å². The molecule has 5 heterocycles. The van der Waals surface area contributed by atoms with Crippen molar-refractivity contribution in [2.24, 2.45) is 5.92 Å². The lowest BCUT2D eigenvalue weighted by Crippen LogP contribution is -2.54. The zero-order valence-electron chi connectivity index (χ0n) is 36.2. The van der Waals surface area contributed by atoms with Gasteiger partial charge in [0.2, 0.25) is 17.7 Å². The van der Waals surface area contributed by atoms with Crippen LogP contribution in [0.4, 0.5) is 18.9 Å². The number of likely N-dealkylation sites (tertiary alicyclic amines) is 1. The van der Waals surface area contributed by atoms with E-state index in [9.17, 15) is 42.4 Å². The fourth-order valence-electron chi connectivity index (χ4n) is 9.29. The maximum atomic E-state index is 13.7. The van der Waals surface area contributed by atoms with E-state index in [2.05, 4.69) is 27.0 Å². The maximum Gasteiger partial charge on any atom is 0.417 e. The number of nitrogens with one attached hydrogen (secondary N) is 1. The highest BCUT2D eigenvalue weighted by molar-refractivity contribution is 7.80. The van der Waals surface area contributed by atoms with Gasteiger partial charge < -0.3 is 19.3 Å². The quantitative estimate of drug-likeness (QED) is 0.163. The van der Waals surface area contributed by atoms with Crippen LogP contribution in [0.5, 0.6) is 11.6 Å². The number of halogens is 3. The van der Waals surface area contributed by atoms with Crippen molar-refractivity contribution in [3.8, 4) is 17.7 Å². The molecule has 5 aliphatic rings. The van der Waals surface area contributed by atoms with Gasteiger partial charge in [-0.2, -0.15) is 18.4 Å². The fraction of sp³-hybridized carbons (Fsp3) is 0.478. The molecule has 65 heavy (non-hydrogen) atoms.